The molecule has 2 heteroatoms. The van der Waals surface area contributed by atoms with E-state index in [9.17, 15) is 0 Å². The monoisotopic (exact) mass is 278 g/mol. The average molecular weight is 278 g/mol. The van der Waals surface area contributed by atoms with E-state index in [1.54, 1.807) is 0 Å². The molecule has 0 bridgehead atoms. The molecule has 21 heavy (non-hydrogen) atoms. The number of hydrogen-bond acceptors (Lipinski definition) is 1. The van der Waals surface area contributed by atoms with E-state index in [0.717, 1.165) is 36.6 Å². The summed E-state index contributed by atoms with van der Waals surface area (Å²) in [7, 11) is 0. The van der Waals surface area contributed by atoms with Crippen molar-refractivity contribution in [3.8, 4) is 11.3 Å². The fourth-order valence-electron chi connectivity index (χ4n) is 2.40. The summed E-state index contributed by atoms with van der Waals surface area (Å²) in [6.45, 7) is 1.96. The molecule has 3 aromatic rings. The molecule has 0 atom stereocenters. The topological polar surface area (TPSA) is 29.8 Å². The second-order valence-corrected chi connectivity index (χ2v) is 5.15. The molecular formula is C19H20NO+. The predicted molar refractivity (Wildman–Crippen MR) is 84.8 cm³/mol. The van der Waals surface area contributed by atoms with Gasteiger partial charge in [-0.25, -0.2) is 0 Å². The van der Waals surface area contributed by atoms with Gasteiger partial charge in [0.15, 0.2) is 5.76 Å². The predicted octanol–water partition coefficient (Wildman–Crippen LogP) is 3.25. The Morgan fingerprint density at radius 3 is 2.24 bits per heavy atom. The molecule has 0 radical (unpaired) electrons. The minimum Gasteiger partial charge on any atom is -0.455 e. The van der Waals surface area contributed by atoms with Crippen LogP contribution >= 0.6 is 0 Å². The quantitative estimate of drug-likeness (QED) is 0.689. The lowest BCUT2D eigenvalue weighted by Gasteiger charge is -2.01. The highest BCUT2D eigenvalue weighted by Gasteiger charge is 2.05. The molecule has 0 aliphatic heterocycles. The third kappa shape index (κ3) is 3.83. The number of hydrogen-bond donors (Lipinski definition) is 1. The lowest BCUT2D eigenvalue weighted by atomic mass is 10.1. The largest absolute Gasteiger partial charge is 0.455 e. The van der Waals surface area contributed by atoms with E-state index in [4.69, 9.17) is 4.42 Å². The van der Waals surface area contributed by atoms with E-state index in [2.05, 4.69) is 59.9 Å². The van der Waals surface area contributed by atoms with E-state index >= 15 is 0 Å². The summed E-state index contributed by atoms with van der Waals surface area (Å²) in [6, 6.07) is 24.9. The van der Waals surface area contributed by atoms with Gasteiger partial charge in [-0.2, -0.15) is 0 Å². The molecule has 0 aliphatic rings. The second kappa shape index (κ2) is 6.91. The van der Waals surface area contributed by atoms with Gasteiger partial charge in [-0.15, -0.1) is 0 Å². The van der Waals surface area contributed by atoms with Crippen LogP contribution in [0.25, 0.3) is 11.3 Å². The zero-order chi connectivity index (χ0) is 14.3. The van der Waals surface area contributed by atoms with Crippen LogP contribution in [0.5, 0.6) is 0 Å². The number of furan rings is 1. The fraction of sp³-hybridized carbons (Fsp3) is 0.158. The molecule has 1 heterocycles. The molecule has 0 saturated carbocycles. The average Bonchev–Trinajstić information content (AvgIpc) is 3.02. The Hall–Kier alpha value is -2.32. The first-order chi connectivity index (χ1) is 10.4. The van der Waals surface area contributed by atoms with Gasteiger partial charge in [0.1, 0.15) is 12.3 Å². The maximum atomic E-state index is 5.89. The van der Waals surface area contributed by atoms with Gasteiger partial charge in [-0.1, -0.05) is 60.7 Å². The van der Waals surface area contributed by atoms with E-state index in [1.807, 2.05) is 18.2 Å². The Bertz CT molecular complexity index is 658. The van der Waals surface area contributed by atoms with Crippen LogP contribution in [0.1, 0.15) is 11.3 Å². The summed E-state index contributed by atoms with van der Waals surface area (Å²) in [4.78, 5) is 0. The van der Waals surface area contributed by atoms with Crippen LogP contribution in [0.2, 0.25) is 0 Å². The van der Waals surface area contributed by atoms with Crippen LogP contribution < -0.4 is 5.32 Å². The fourth-order valence-corrected chi connectivity index (χ4v) is 2.40. The molecule has 0 amide bonds. The molecule has 1 aromatic heterocycles. The van der Waals surface area contributed by atoms with Gasteiger partial charge in [0.2, 0.25) is 0 Å². The van der Waals surface area contributed by atoms with Gasteiger partial charge >= 0.3 is 0 Å². The molecular weight excluding hydrogens is 258 g/mol. The minimum absolute atomic E-state index is 0.889. The number of benzene rings is 2. The van der Waals surface area contributed by atoms with Crippen LogP contribution in [-0.2, 0) is 13.0 Å². The highest BCUT2D eigenvalue weighted by Crippen LogP contribution is 2.21. The molecule has 0 unspecified atom stereocenters. The smallest absolute Gasteiger partial charge is 0.158 e. The molecule has 0 aliphatic carbocycles. The Balaban J connectivity index is 1.49. The number of nitrogens with two attached hydrogens (primary N) is 1. The Kier molecular flexibility index (Phi) is 4.49. The van der Waals surface area contributed by atoms with E-state index in [1.165, 1.54) is 5.56 Å². The van der Waals surface area contributed by atoms with Crippen molar-refractivity contribution in [3.05, 3.63) is 84.1 Å². The van der Waals surface area contributed by atoms with Crippen molar-refractivity contribution in [3.63, 3.8) is 0 Å². The van der Waals surface area contributed by atoms with Crippen LogP contribution in [-0.4, -0.2) is 6.54 Å². The number of rotatable bonds is 6. The number of quaternary nitrogens is 1. The van der Waals surface area contributed by atoms with Crippen molar-refractivity contribution in [2.24, 2.45) is 0 Å². The van der Waals surface area contributed by atoms with Crippen LogP contribution in [0.3, 0.4) is 0 Å². The van der Waals surface area contributed by atoms with Gasteiger partial charge in [-0.05, 0) is 17.7 Å². The van der Waals surface area contributed by atoms with E-state index in [-0.39, 0.29) is 0 Å². The summed E-state index contributed by atoms with van der Waals surface area (Å²) >= 11 is 0. The van der Waals surface area contributed by atoms with Crippen molar-refractivity contribution < 1.29 is 9.73 Å². The maximum Gasteiger partial charge on any atom is 0.158 e. The Morgan fingerprint density at radius 2 is 1.48 bits per heavy atom. The molecule has 0 fully saturated rings. The molecule has 2 nitrogen and oxygen atoms in total. The normalized spacial score (nSPS) is 10.7. The lowest BCUT2D eigenvalue weighted by molar-refractivity contribution is -0.671. The van der Waals surface area contributed by atoms with Crippen molar-refractivity contribution in [1.29, 1.82) is 0 Å². The standard InChI is InChI=1S/C19H19NO/c1-3-7-16(8-4-1)13-14-20-15-18-11-12-19(21-18)17-9-5-2-6-10-17/h1-12,20H,13-15H2/p+1. The van der Waals surface area contributed by atoms with Gasteiger partial charge in [0.05, 0.1) is 6.54 Å². The molecule has 2 N–H and O–H groups in total. The summed E-state index contributed by atoms with van der Waals surface area (Å²) in [5, 5.41) is 2.29. The minimum atomic E-state index is 0.889. The molecule has 2 aromatic carbocycles. The zero-order valence-electron chi connectivity index (χ0n) is 12.0. The molecule has 3 rings (SSSR count). The van der Waals surface area contributed by atoms with Gasteiger partial charge in [0.25, 0.3) is 0 Å². The SMILES string of the molecule is c1ccc(CC[NH2+]Cc2ccc(-c3ccccc3)o2)cc1. The van der Waals surface area contributed by atoms with Crippen LogP contribution in [0.4, 0.5) is 0 Å². The third-order valence-electron chi connectivity index (χ3n) is 3.55. The van der Waals surface area contributed by atoms with Crippen LogP contribution in [0, 0.1) is 0 Å². The van der Waals surface area contributed by atoms with Crippen molar-refractivity contribution in [1.82, 2.24) is 0 Å². The Labute approximate surface area is 125 Å². The first-order valence-corrected chi connectivity index (χ1v) is 7.41. The maximum absolute atomic E-state index is 5.89. The van der Waals surface area contributed by atoms with Gasteiger partial charge in [-0.3, -0.25) is 0 Å². The Morgan fingerprint density at radius 1 is 0.762 bits per heavy atom. The molecule has 0 spiro atoms. The second-order valence-electron chi connectivity index (χ2n) is 5.15. The lowest BCUT2D eigenvalue weighted by Crippen LogP contribution is -2.83. The highest BCUT2D eigenvalue weighted by atomic mass is 16.3. The molecule has 0 saturated heterocycles. The first kappa shape index (κ1) is 13.7. The summed E-state index contributed by atoms with van der Waals surface area (Å²) in [6.07, 6.45) is 1.09. The third-order valence-corrected chi connectivity index (χ3v) is 3.55. The first-order valence-electron chi connectivity index (χ1n) is 7.41. The van der Waals surface area contributed by atoms with E-state index in [0.29, 0.717) is 0 Å². The van der Waals surface area contributed by atoms with Crippen LogP contribution in [0.15, 0.2) is 77.2 Å². The zero-order valence-corrected chi connectivity index (χ0v) is 12.0. The summed E-state index contributed by atoms with van der Waals surface area (Å²) < 4.78 is 5.89. The summed E-state index contributed by atoms with van der Waals surface area (Å²) in [5.74, 6) is 1.98. The van der Waals surface area contributed by atoms with Crippen molar-refractivity contribution in [2.75, 3.05) is 6.54 Å². The summed E-state index contributed by atoms with van der Waals surface area (Å²) in [5.41, 5.74) is 2.52. The van der Waals surface area contributed by atoms with E-state index < -0.39 is 0 Å². The van der Waals surface area contributed by atoms with Crippen molar-refractivity contribution in [2.45, 2.75) is 13.0 Å². The van der Waals surface area contributed by atoms with Gasteiger partial charge < -0.3 is 9.73 Å². The molecule has 106 valence electrons. The van der Waals surface area contributed by atoms with Gasteiger partial charge in [0, 0.05) is 12.0 Å². The highest BCUT2D eigenvalue weighted by molar-refractivity contribution is 5.57. The van der Waals surface area contributed by atoms with Crippen molar-refractivity contribution >= 4 is 0 Å².